The molecule has 0 atom stereocenters. The quantitative estimate of drug-likeness (QED) is 0.634. The number of hydrogen-bond acceptors (Lipinski definition) is 3. The van der Waals surface area contributed by atoms with Crippen LogP contribution >= 0.6 is 0 Å². The van der Waals surface area contributed by atoms with E-state index in [9.17, 15) is 14.0 Å². The van der Waals surface area contributed by atoms with Crippen LogP contribution in [0.25, 0.3) is 6.08 Å². The van der Waals surface area contributed by atoms with Crippen molar-refractivity contribution in [3.63, 3.8) is 0 Å². The van der Waals surface area contributed by atoms with Crippen molar-refractivity contribution in [2.45, 2.75) is 12.8 Å². The lowest BCUT2D eigenvalue weighted by Crippen LogP contribution is -2.39. The number of esters is 1. The second-order valence-corrected chi connectivity index (χ2v) is 4.98. The first-order valence-electron chi connectivity index (χ1n) is 6.91. The molecule has 21 heavy (non-hydrogen) atoms. The van der Waals surface area contributed by atoms with Crippen LogP contribution in [0.15, 0.2) is 30.3 Å². The van der Waals surface area contributed by atoms with E-state index >= 15 is 0 Å². The maximum Gasteiger partial charge on any atom is 0.308 e. The first-order chi connectivity index (χ1) is 10.1. The van der Waals surface area contributed by atoms with E-state index in [2.05, 4.69) is 0 Å². The highest BCUT2D eigenvalue weighted by Gasteiger charge is 2.26. The molecule has 5 heteroatoms. The molecule has 0 N–H and O–H groups in total. The van der Waals surface area contributed by atoms with Gasteiger partial charge in [0.25, 0.3) is 0 Å². The summed E-state index contributed by atoms with van der Waals surface area (Å²) >= 11 is 0. The molecule has 0 aromatic heterocycles. The van der Waals surface area contributed by atoms with Crippen molar-refractivity contribution in [1.82, 2.24) is 4.90 Å². The number of ether oxygens (including phenoxy) is 1. The number of likely N-dealkylation sites (tertiary alicyclic amines) is 1. The maximum absolute atomic E-state index is 13.4. The number of piperidine rings is 1. The highest BCUT2D eigenvalue weighted by Crippen LogP contribution is 2.19. The lowest BCUT2D eigenvalue weighted by Gasteiger charge is -2.29. The SMILES string of the molecule is COC(=O)C1CCN(C(=O)/C=C/c2ccccc2F)CC1. The van der Waals surface area contributed by atoms with Crippen LogP contribution in [0.3, 0.4) is 0 Å². The highest BCUT2D eigenvalue weighted by molar-refractivity contribution is 5.92. The Morgan fingerprint density at radius 1 is 1.29 bits per heavy atom. The van der Waals surface area contributed by atoms with Crippen LogP contribution in [-0.2, 0) is 14.3 Å². The molecule has 1 aliphatic rings. The van der Waals surface area contributed by atoms with E-state index in [4.69, 9.17) is 4.74 Å². The second kappa shape index (κ2) is 7.02. The fourth-order valence-electron chi connectivity index (χ4n) is 2.38. The lowest BCUT2D eigenvalue weighted by molar-refractivity contribution is -0.148. The Bertz CT molecular complexity index is 548. The minimum Gasteiger partial charge on any atom is -0.469 e. The van der Waals surface area contributed by atoms with Gasteiger partial charge >= 0.3 is 5.97 Å². The lowest BCUT2D eigenvalue weighted by atomic mass is 9.97. The number of amides is 1. The average Bonchev–Trinajstić information content (AvgIpc) is 2.53. The third-order valence-corrected chi connectivity index (χ3v) is 3.65. The monoisotopic (exact) mass is 291 g/mol. The number of carbonyl (C=O) groups excluding carboxylic acids is 2. The number of halogens is 1. The average molecular weight is 291 g/mol. The predicted octanol–water partition coefficient (Wildman–Crippen LogP) is 2.25. The van der Waals surface area contributed by atoms with Gasteiger partial charge in [-0.3, -0.25) is 9.59 Å². The normalized spacial score (nSPS) is 16.2. The summed E-state index contributed by atoms with van der Waals surface area (Å²) in [5.74, 6) is -0.869. The molecule has 1 heterocycles. The Morgan fingerprint density at radius 3 is 2.57 bits per heavy atom. The first-order valence-corrected chi connectivity index (χ1v) is 6.91. The van der Waals surface area contributed by atoms with Gasteiger partial charge in [0, 0.05) is 24.7 Å². The van der Waals surface area contributed by atoms with Gasteiger partial charge in [-0.2, -0.15) is 0 Å². The summed E-state index contributed by atoms with van der Waals surface area (Å²) in [6.07, 6.45) is 4.05. The fourth-order valence-corrected chi connectivity index (χ4v) is 2.38. The van der Waals surface area contributed by atoms with E-state index in [-0.39, 0.29) is 23.6 Å². The van der Waals surface area contributed by atoms with Gasteiger partial charge in [0.15, 0.2) is 0 Å². The molecule has 0 saturated carbocycles. The van der Waals surface area contributed by atoms with Crippen LogP contribution in [0.4, 0.5) is 4.39 Å². The van der Waals surface area contributed by atoms with Gasteiger partial charge in [-0.05, 0) is 25.0 Å². The number of methoxy groups -OCH3 is 1. The van der Waals surface area contributed by atoms with Gasteiger partial charge < -0.3 is 9.64 Å². The molecule has 0 aliphatic carbocycles. The van der Waals surface area contributed by atoms with Crippen molar-refractivity contribution >= 4 is 18.0 Å². The summed E-state index contributed by atoms with van der Waals surface area (Å²) in [6, 6.07) is 6.29. The predicted molar refractivity (Wildman–Crippen MR) is 76.8 cm³/mol. The third kappa shape index (κ3) is 3.90. The number of rotatable bonds is 3. The van der Waals surface area contributed by atoms with Crippen LogP contribution in [0, 0.1) is 11.7 Å². The van der Waals surface area contributed by atoms with Crippen LogP contribution in [0.1, 0.15) is 18.4 Å². The van der Waals surface area contributed by atoms with E-state index in [1.165, 1.54) is 25.3 Å². The Kier molecular flexibility index (Phi) is 5.09. The van der Waals surface area contributed by atoms with E-state index in [0.717, 1.165) is 0 Å². The van der Waals surface area contributed by atoms with Gasteiger partial charge in [-0.25, -0.2) is 4.39 Å². The highest BCUT2D eigenvalue weighted by atomic mass is 19.1. The van der Waals surface area contributed by atoms with Crippen LogP contribution in [-0.4, -0.2) is 37.0 Å². The molecule has 4 nitrogen and oxygen atoms in total. The number of hydrogen-bond donors (Lipinski definition) is 0. The first kappa shape index (κ1) is 15.2. The van der Waals surface area contributed by atoms with E-state index in [1.807, 2.05) is 0 Å². The van der Waals surface area contributed by atoms with Crippen LogP contribution in [0.2, 0.25) is 0 Å². The Labute approximate surface area is 123 Å². The van der Waals surface area contributed by atoms with E-state index < -0.39 is 0 Å². The van der Waals surface area contributed by atoms with Crippen molar-refractivity contribution in [2.75, 3.05) is 20.2 Å². The van der Waals surface area contributed by atoms with Crippen LogP contribution < -0.4 is 0 Å². The smallest absolute Gasteiger partial charge is 0.308 e. The molecule has 2 rings (SSSR count). The molecular formula is C16H18FNO3. The molecule has 112 valence electrons. The summed E-state index contributed by atoms with van der Waals surface area (Å²) in [6.45, 7) is 1.03. The molecule has 1 fully saturated rings. The van der Waals surface area contributed by atoms with Crippen LogP contribution in [0.5, 0.6) is 0 Å². The summed E-state index contributed by atoms with van der Waals surface area (Å²) in [5.41, 5.74) is 0.385. The summed E-state index contributed by atoms with van der Waals surface area (Å²) in [4.78, 5) is 25.1. The number of carbonyl (C=O) groups is 2. The molecule has 0 bridgehead atoms. The third-order valence-electron chi connectivity index (χ3n) is 3.65. The Morgan fingerprint density at radius 2 is 1.95 bits per heavy atom. The molecular weight excluding hydrogens is 273 g/mol. The summed E-state index contributed by atoms with van der Waals surface area (Å²) < 4.78 is 18.1. The molecule has 0 radical (unpaired) electrons. The zero-order valence-corrected chi connectivity index (χ0v) is 11.9. The summed E-state index contributed by atoms with van der Waals surface area (Å²) in [7, 11) is 1.37. The Hall–Kier alpha value is -2.17. The zero-order valence-electron chi connectivity index (χ0n) is 11.9. The molecule has 1 aliphatic heterocycles. The molecule has 1 amide bonds. The largest absolute Gasteiger partial charge is 0.469 e. The van der Waals surface area contributed by atoms with Crippen molar-refractivity contribution in [2.24, 2.45) is 5.92 Å². The molecule has 1 aromatic rings. The van der Waals surface area contributed by atoms with E-state index in [0.29, 0.717) is 31.5 Å². The van der Waals surface area contributed by atoms with Crippen molar-refractivity contribution in [1.29, 1.82) is 0 Å². The number of nitrogens with zero attached hydrogens (tertiary/aromatic N) is 1. The maximum atomic E-state index is 13.4. The molecule has 0 spiro atoms. The van der Waals surface area contributed by atoms with E-state index in [1.54, 1.807) is 23.1 Å². The topological polar surface area (TPSA) is 46.6 Å². The molecule has 1 aromatic carbocycles. The number of benzene rings is 1. The zero-order chi connectivity index (χ0) is 15.2. The van der Waals surface area contributed by atoms with Gasteiger partial charge in [0.05, 0.1) is 13.0 Å². The van der Waals surface area contributed by atoms with Gasteiger partial charge in [0.1, 0.15) is 5.82 Å². The minimum absolute atomic E-state index is 0.130. The van der Waals surface area contributed by atoms with Gasteiger partial charge in [-0.15, -0.1) is 0 Å². The molecule has 1 saturated heterocycles. The minimum atomic E-state index is -0.356. The standard InChI is InChI=1S/C16H18FNO3/c1-21-16(20)13-8-10-18(11-9-13)15(19)7-6-12-4-2-3-5-14(12)17/h2-7,13H,8-11H2,1H3/b7-6+. The van der Waals surface area contributed by atoms with Gasteiger partial charge in [-0.1, -0.05) is 18.2 Å². The van der Waals surface area contributed by atoms with Gasteiger partial charge in [0.2, 0.25) is 5.91 Å². The fraction of sp³-hybridized carbons (Fsp3) is 0.375. The Balaban J connectivity index is 1.91. The van der Waals surface area contributed by atoms with Crippen molar-refractivity contribution in [3.05, 3.63) is 41.7 Å². The summed E-state index contributed by atoms with van der Waals surface area (Å²) in [5, 5.41) is 0. The van der Waals surface area contributed by atoms with Crippen molar-refractivity contribution < 1.29 is 18.7 Å². The second-order valence-electron chi connectivity index (χ2n) is 4.98. The van der Waals surface area contributed by atoms with Crippen molar-refractivity contribution in [3.8, 4) is 0 Å². The molecule has 0 unspecified atom stereocenters.